The van der Waals surface area contributed by atoms with Crippen molar-refractivity contribution in [2.75, 3.05) is 0 Å². The molecule has 1 fully saturated rings. The van der Waals surface area contributed by atoms with Crippen LogP contribution in [0.1, 0.15) is 12.8 Å². The highest BCUT2D eigenvalue weighted by Gasteiger charge is 2.42. The summed E-state index contributed by atoms with van der Waals surface area (Å²) in [6.45, 7) is 0. The van der Waals surface area contributed by atoms with Gasteiger partial charge in [0.1, 0.15) is 5.78 Å². The normalized spacial score (nSPS) is 38.7. The first-order valence-electron chi connectivity index (χ1n) is 4.11. The van der Waals surface area contributed by atoms with Gasteiger partial charge in [0.25, 0.3) is 0 Å². The summed E-state index contributed by atoms with van der Waals surface area (Å²) in [5, 5.41) is 8.78. The van der Waals surface area contributed by atoms with Crippen molar-refractivity contribution in [1.29, 1.82) is 0 Å². The summed E-state index contributed by atoms with van der Waals surface area (Å²) in [5.41, 5.74) is 0. The topological polar surface area (TPSA) is 54.4 Å². The fourth-order valence-corrected chi connectivity index (χ4v) is 2.19. The second-order valence-corrected chi connectivity index (χ2v) is 3.52. The number of carbonyl (C=O) groups is 2. The van der Waals surface area contributed by atoms with Crippen LogP contribution in [0, 0.1) is 17.8 Å². The molecule has 2 rings (SSSR count). The lowest BCUT2D eigenvalue weighted by Crippen LogP contribution is -2.19. The smallest absolute Gasteiger partial charge is 0.310 e. The molecule has 0 aromatic carbocycles. The first-order chi connectivity index (χ1) is 5.68. The molecular weight excluding hydrogens is 156 g/mol. The number of carboxylic acids is 1. The number of ketones is 1. The molecule has 0 bridgehead atoms. The van der Waals surface area contributed by atoms with Gasteiger partial charge in [0.2, 0.25) is 0 Å². The van der Waals surface area contributed by atoms with Gasteiger partial charge in [0.15, 0.2) is 0 Å². The Morgan fingerprint density at radius 1 is 1.42 bits per heavy atom. The van der Waals surface area contributed by atoms with Gasteiger partial charge in [-0.2, -0.15) is 0 Å². The van der Waals surface area contributed by atoms with Gasteiger partial charge in [0, 0.05) is 12.8 Å². The van der Waals surface area contributed by atoms with E-state index in [0.717, 1.165) is 0 Å². The molecule has 0 spiro atoms. The minimum atomic E-state index is -0.798. The van der Waals surface area contributed by atoms with Crippen LogP contribution in [0.15, 0.2) is 12.2 Å². The molecule has 3 heteroatoms. The van der Waals surface area contributed by atoms with E-state index in [9.17, 15) is 9.59 Å². The molecule has 2 aliphatic carbocycles. The monoisotopic (exact) mass is 166 g/mol. The summed E-state index contributed by atoms with van der Waals surface area (Å²) in [6, 6.07) is 0. The van der Waals surface area contributed by atoms with Crippen LogP contribution in [-0.4, -0.2) is 16.9 Å². The average molecular weight is 166 g/mol. The van der Waals surface area contributed by atoms with Gasteiger partial charge in [-0.3, -0.25) is 9.59 Å². The molecule has 0 aromatic heterocycles. The van der Waals surface area contributed by atoms with Gasteiger partial charge < -0.3 is 5.11 Å². The summed E-state index contributed by atoms with van der Waals surface area (Å²) in [7, 11) is 0. The summed E-state index contributed by atoms with van der Waals surface area (Å²) in [6.07, 6.45) is 4.61. The SMILES string of the molecule is O=C1CC2C=CC(C(=O)O)C2C1. The van der Waals surface area contributed by atoms with Crippen molar-refractivity contribution in [3.8, 4) is 0 Å². The molecule has 0 heterocycles. The standard InChI is InChI=1S/C9H10O3/c10-6-3-5-1-2-7(9(11)12)8(5)4-6/h1-2,5,7-8H,3-4H2,(H,11,12). The third-order valence-electron chi connectivity index (χ3n) is 2.79. The molecule has 3 unspecified atom stereocenters. The lowest BCUT2D eigenvalue weighted by molar-refractivity contribution is -0.141. The zero-order valence-electron chi connectivity index (χ0n) is 6.56. The van der Waals surface area contributed by atoms with Crippen molar-refractivity contribution < 1.29 is 14.7 Å². The van der Waals surface area contributed by atoms with E-state index in [1.807, 2.05) is 6.08 Å². The van der Waals surface area contributed by atoms with Gasteiger partial charge in [-0.25, -0.2) is 0 Å². The Morgan fingerprint density at radius 3 is 2.83 bits per heavy atom. The molecule has 0 amide bonds. The number of carboxylic acid groups (broad SMARTS) is 1. The van der Waals surface area contributed by atoms with E-state index >= 15 is 0 Å². The maximum absolute atomic E-state index is 11.0. The Hall–Kier alpha value is -1.12. The second-order valence-electron chi connectivity index (χ2n) is 3.52. The van der Waals surface area contributed by atoms with E-state index in [1.165, 1.54) is 0 Å². The molecule has 2 aliphatic rings. The highest BCUT2D eigenvalue weighted by atomic mass is 16.4. The zero-order valence-corrected chi connectivity index (χ0v) is 6.56. The van der Waals surface area contributed by atoms with Crippen LogP contribution >= 0.6 is 0 Å². The fourth-order valence-electron chi connectivity index (χ4n) is 2.19. The summed E-state index contributed by atoms with van der Waals surface area (Å²) in [5.74, 6) is -0.746. The van der Waals surface area contributed by atoms with E-state index in [4.69, 9.17) is 5.11 Å². The quantitative estimate of drug-likeness (QED) is 0.587. The number of aliphatic carboxylic acids is 1. The number of hydrogen-bond donors (Lipinski definition) is 1. The predicted octanol–water partition coefficient (Wildman–Crippen LogP) is 0.852. The molecule has 0 aromatic rings. The summed E-state index contributed by atoms with van der Waals surface area (Å²) >= 11 is 0. The van der Waals surface area contributed by atoms with Crippen LogP contribution in [-0.2, 0) is 9.59 Å². The van der Waals surface area contributed by atoms with Crippen LogP contribution in [0.3, 0.4) is 0 Å². The molecule has 1 saturated carbocycles. The predicted molar refractivity (Wildman–Crippen MR) is 41.5 cm³/mol. The largest absolute Gasteiger partial charge is 0.481 e. The molecule has 0 saturated heterocycles. The first kappa shape index (κ1) is 7.53. The molecule has 12 heavy (non-hydrogen) atoms. The Balaban J connectivity index is 2.18. The minimum Gasteiger partial charge on any atom is -0.481 e. The Bertz CT molecular complexity index is 267. The molecule has 0 radical (unpaired) electrons. The Labute approximate surface area is 70.1 Å². The molecular formula is C9H10O3. The van der Waals surface area contributed by atoms with Crippen molar-refractivity contribution >= 4 is 11.8 Å². The van der Waals surface area contributed by atoms with E-state index in [2.05, 4.69) is 0 Å². The van der Waals surface area contributed by atoms with E-state index in [1.54, 1.807) is 6.08 Å². The third-order valence-corrected chi connectivity index (χ3v) is 2.79. The minimum absolute atomic E-state index is 0.0509. The van der Waals surface area contributed by atoms with E-state index < -0.39 is 11.9 Å². The van der Waals surface area contributed by atoms with E-state index in [0.29, 0.717) is 12.8 Å². The Kier molecular flexibility index (Phi) is 1.53. The zero-order chi connectivity index (χ0) is 8.72. The number of Topliss-reactive ketones (excluding diaryl/α,β-unsaturated/α-hetero) is 1. The molecule has 64 valence electrons. The summed E-state index contributed by atoms with van der Waals surface area (Å²) < 4.78 is 0. The summed E-state index contributed by atoms with van der Waals surface area (Å²) in [4.78, 5) is 21.7. The van der Waals surface area contributed by atoms with Gasteiger partial charge in [-0.05, 0) is 11.8 Å². The van der Waals surface area contributed by atoms with Crippen molar-refractivity contribution in [2.45, 2.75) is 12.8 Å². The van der Waals surface area contributed by atoms with E-state index in [-0.39, 0.29) is 17.6 Å². The van der Waals surface area contributed by atoms with Gasteiger partial charge in [-0.1, -0.05) is 12.2 Å². The average Bonchev–Trinajstić information content (AvgIpc) is 2.43. The first-order valence-corrected chi connectivity index (χ1v) is 4.11. The van der Waals surface area contributed by atoms with Gasteiger partial charge >= 0.3 is 5.97 Å². The van der Waals surface area contributed by atoms with Gasteiger partial charge in [-0.15, -0.1) is 0 Å². The van der Waals surface area contributed by atoms with Crippen LogP contribution in [0.4, 0.5) is 0 Å². The van der Waals surface area contributed by atoms with Crippen molar-refractivity contribution in [1.82, 2.24) is 0 Å². The van der Waals surface area contributed by atoms with Crippen LogP contribution in [0.25, 0.3) is 0 Å². The van der Waals surface area contributed by atoms with Crippen molar-refractivity contribution in [3.05, 3.63) is 12.2 Å². The number of hydrogen-bond acceptors (Lipinski definition) is 2. The number of fused-ring (bicyclic) bond motifs is 1. The molecule has 1 N–H and O–H groups in total. The number of carbonyl (C=O) groups excluding carboxylic acids is 1. The van der Waals surface area contributed by atoms with Crippen LogP contribution in [0.2, 0.25) is 0 Å². The second kappa shape index (κ2) is 2.44. The number of allylic oxidation sites excluding steroid dienone is 1. The molecule has 3 atom stereocenters. The maximum Gasteiger partial charge on any atom is 0.310 e. The molecule has 0 aliphatic heterocycles. The number of rotatable bonds is 1. The Morgan fingerprint density at radius 2 is 2.17 bits per heavy atom. The van der Waals surface area contributed by atoms with Crippen LogP contribution < -0.4 is 0 Å². The van der Waals surface area contributed by atoms with Crippen molar-refractivity contribution in [3.63, 3.8) is 0 Å². The highest BCUT2D eigenvalue weighted by Crippen LogP contribution is 2.41. The highest BCUT2D eigenvalue weighted by molar-refractivity contribution is 5.84. The third kappa shape index (κ3) is 0.967. The molecule has 3 nitrogen and oxygen atoms in total. The van der Waals surface area contributed by atoms with Gasteiger partial charge in [0.05, 0.1) is 5.92 Å². The van der Waals surface area contributed by atoms with Crippen LogP contribution in [0.5, 0.6) is 0 Å². The maximum atomic E-state index is 11.0. The lowest BCUT2D eigenvalue weighted by Gasteiger charge is -2.12. The lowest BCUT2D eigenvalue weighted by atomic mass is 9.91. The fraction of sp³-hybridized carbons (Fsp3) is 0.556. The van der Waals surface area contributed by atoms with Crippen molar-refractivity contribution in [2.24, 2.45) is 17.8 Å².